The SMILES string of the molecule is Cc1c(C)c(C)c(S(=O)(=O)N2CCN(Cc3ccc(F)cc3Cl)CC2)c(C)c1C. The van der Waals surface area contributed by atoms with E-state index in [-0.39, 0.29) is 5.82 Å². The van der Waals surface area contributed by atoms with Crippen molar-refractivity contribution in [3.8, 4) is 0 Å². The molecule has 29 heavy (non-hydrogen) atoms. The second-order valence-electron chi connectivity index (χ2n) is 7.87. The van der Waals surface area contributed by atoms with E-state index in [9.17, 15) is 12.8 Å². The van der Waals surface area contributed by atoms with E-state index in [0.29, 0.717) is 42.6 Å². The van der Waals surface area contributed by atoms with E-state index in [4.69, 9.17) is 11.6 Å². The Balaban J connectivity index is 1.79. The zero-order chi connectivity index (χ0) is 21.5. The molecule has 0 bridgehead atoms. The second kappa shape index (κ2) is 8.34. The van der Waals surface area contributed by atoms with Gasteiger partial charge in [-0.25, -0.2) is 12.8 Å². The van der Waals surface area contributed by atoms with Gasteiger partial charge in [-0.2, -0.15) is 4.31 Å². The summed E-state index contributed by atoms with van der Waals surface area (Å²) in [5.74, 6) is -0.357. The van der Waals surface area contributed by atoms with Gasteiger partial charge in [-0.1, -0.05) is 17.7 Å². The predicted molar refractivity (Wildman–Crippen MR) is 116 cm³/mol. The number of nitrogens with zero attached hydrogens (tertiary/aromatic N) is 2. The molecule has 3 rings (SSSR count). The van der Waals surface area contributed by atoms with Gasteiger partial charge in [0, 0.05) is 37.7 Å². The van der Waals surface area contributed by atoms with Crippen LogP contribution in [0, 0.1) is 40.4 Å². The molecule has 0 unspecified atom stereocenters. The molecular weight excluding hydrogens is 411 g/mol. The maximum Gasteiger partial charge on any atom is 0.243 e. The summed E-state index contributed by atoms with van der Waals surface area (Å²) < 4.78 is 41.7. The molecule has 2 aromatic rings. The topological polar surface area (TPSA) is 40.6 Å². The summed E-state index contributed by atoms with van der Waals surface area (Å²) in [5, 5.41) is 0.400. The van der Waals surface area contributed by atoms with Crippen molar-refractivity contribution in [3.05, 3.63) is 62.4 Å². The van der Waals surface area contributed by atoms with Gasteiger partial charge >= 0.3 is 0 Å². The van der Waals surface area contributed by atoms with Gasteiger partial charge in [-0.3, -0.25) is 4.90 Å². The smallest absolute Gasteiger partial charge is 0.243 e. The third kappa shape index (κ3) is 4.22. The van der Waals surface area contributed by atoms with E-state index >= 15 is 0 Å². The number of sulfonamides is 1. The minimum absolute atomic E-state index is 0.357. The van der Waals surface area contributed by atoms with Crippen molar-refractivity contribution in [3.63, 3.8) is 0 Å². The van der Waals surface area contributed by atoms with Crippen molar-refractivity contribution in [2.45, 2.75) is 46.1 Å². The van der Waals surface area contributed by atoms with Gasteiger partial charge in [0.15, 0.2) is 0 Å². The number of halogens is 2. The second-order valence-corrected chi connectivity index (χ2v) is 10.2. The molecule has 1 saturated heterocycles. The van der Waals surface area contributed by atoms with Gasteiger partial charge in [0.1, 0.15) is 5.82 Å². The lowest BCUT2D eigenvalue weighted by molar-refractivity contribution is 0.181. The molecule has 2 aromatic carbocycles. The average Bonchev–Trinajstić information content (AvgIpc) is 2.67. The van der Waals surface area contributed by atoms with E-state index in [1.54, 1.807) is 10.4 Å². The normalized spacial score (nSPS) is 16.4. The molecule has 0 atom stereocenters. The van der Waals surface area contributed by atoms with Gasteiger partial charge in [-0.15, -0.1) is 0 Å². The summed E-state index contributed by atoms with van der Waals surface area (Å²) >= 11 is 6.13. The van der Waals surface area contributed by atoms with Crippen LogP contribution in [0.25, 0.3) is 0 Å². The summed E-state index contributed by atoms with van der Waals surface area (Å²) in [7, 11) is -3.56. The lowest BCUT2D eigenvalue weighted by atomic mass is 9.95. The van der Waals surface area contributed by atoms with Crippen LogP contribution in [0.1, 0.15) is 33.4 Å². The number of benzene rings is 2. The van der Waals surface area contributed by atoms with Crippen LogP contribution in [0.15, 0.2) is 23.1 Å². The first-order chi connectivity index (χ1) is 13.5. The molecule has 158 valence electrons. The minimum Gasteiger partial charge on any atom is -0.296 e. The van der Waals surface area contributed by atoms with Crippen molar-refractivity contribution in [1.82, 2.24) is 9.21 Å². The summed E-state index contributed by atoms with van der Waals surface area (Å²) in [4.78, 5) is 2.60. The molecule has 1 aliphatic heterocycles. The fourth-order valence-corrected chi connectivity index (χ4v) is 6.21. The monoisotopic (exact) mass is 438 g/mol. The van der Waals surface area contributed by atoms with E-state index in [1.807, 2.05) is 34.6 Å². The molecule has 7 heteroatoms. The molecule has 1 aliphatic rings. The first-order valence-corrected chi connectivity index (χ1v) is 11.6. The average molecular weight is 439 g/mol. The summed E-state index contributed by atoms with van der Waals surface area (Å²) in [6, 6.07) is 4.39. The molecule has 0 aromatic heterocycles. The van der Waals surface area contributed by atoms with Gasteiger partial charge < -0.3 is 0 Å². The van der Waals surface area contributed by atoms with E-state index < -0.39 is 10.0 Å². The third-order valence-electron chi connectivity index (χ3n) is 6.27. The fourth-order valence-electron chi connectivity index (χ4n) is 4.00. The van der Waals surface area contributed by atoms with Crippen LogP contribution < -0.4 is 0 Å². The van der Waals surface area contributed by atoms with Crippen molar-refractivity contribution in [1.29, 1.82) is 0 Å². The van der Waals surface area contributed by atoms with Gasteiger partial charge in [-0.05, 0) is 80.1 Å². The quantitative estimate of drug-likeness (QED) is 0.704. The van der Waals surface area contributed by atoms with Crippen LogP contribution in [0.5, 0.6) is 0 Å². The number of hydrogen-bond acceptors (Lipinski definition) is 3. The molecule has 0 spiro atoms. The Morgan fingerprint density at radius 2 is 1.41 bits per heavy atom. The number of piperazine rings is 1. The highest BCUT2D eigenvalue weighted by atomic mass is 35.5. The maximum atomic E-state index is 13.4. The summed E-state index contributed by atoms with van der Waals surface area (Å²) in [5.41, 5.74) is 5.76. The standard InChI is InChI=1S/C22H28ClFN2O2S/c1-14-15(2)17(4)22(18(5)16(14)3)29(27,28)26-10-8-25(9-11-26)13-19-6-7-20(24)12-21(19)23/h6-7,12H,8-11,13H2,1-5H3. The molecule has 0 saturated carbocycles. The Bertz CT molecular complexity index is 1020. The molecule has 0 aliphatic carbocycles. The van der Waals surface area contributed by atoms with Crippen molar-refractivity contribution >= 4 is 21.6 Å². The molecule has 0 amide bonds. The van der Waals surface area contributed by atoms with Crippen LogP contribution >= 0.6 is 11.6 Å². The van der Waals surface area contributed by atoms with Crippen molar-refractivity contribution in [2.24, 2.45) is 0 Å². The summed E-state index contributed by atoms with van der Waals surface area (Å²) in [6.07, 6.45) is 0. The van der Waals surface area contributed by atoms with Crippen molar-refractivity contribution < 1.29 is 12.8 Å². The van der Waals surface area contributed by atoms with Crippen LogP contribution in [0.2, 0.25) is 5.02 Å². The van der Waals surface area contributed by atoms with Crippen molar-refractivity contribution in [2.75, 3.05) is 26.2 Å². The van der Waals surface area contributed by atoms with E-state index in [1.165, 1.54) is 12.1 Å². The summed E-state index contributed by atoms with van der Waals surface area (Å²) in [6.45, 7) is 12.4. The highest BCUT2D eigenvalue weighted by molar-refractivity contribution is 7.89. The van der Waals surface area contributed by atoms with Gasteiger partial charge in [0.2, 0.25) is 10.0 Å². The first-order valence-electron chi connectivity index (χ1n) is 9.77. The van der Waals surface area contributed by atoms with Crippen LogP contribution in [-0.2, 0) is 16.6 Å². The maximum absolute atomic E-state index is 13.4. The van der Waals surface area contributed by atoms with E-state index in [2.05, 4.69) is 4.90 Å². The Labute approximate surface area is 178 Å². The Hall–Kier alpha value is -1.47. The Morgan fingerprint density at radius 1 is 0.897 bits per heavy atom. The van der Waals surface area contributed by atoms with Gasteiger partial charge in [0.25, 0.3) is 0 Å². The minimum atomic E-state index is -3.56. The van der Waals surface area contributed by atoms with Crippen LogP contribution in [0.4, 0.5) is 4.39 Å². The zero-order valence-corrected chi connectivity index (χ0v) is 19.2. The molecule has 0 N–H and O–H groups in total. The third-order valence-corrected chi connectivity index (χ3v) is 8.79. The van der Waals surface area contributed by atoms with Crippen LogP contribution in [0.3, 0.4) is 0 Å². The molecule has 0 radical (unpaired) electrons. The number of hydrogen-bond donors (Lipinski definition) is 0. The highest BCUT2D eigenvalue weighted by Crippen LogP contribution is 2.32. The zero-order valence-electron chi connectivity index (χ0n) is 17.6. The molecule has 1 fully saturated rings. The Morgan fingerprint density at radius 3 is 1.93 bits per heavy atom. The molecule has 1 heterocycles. The first kappa shape index (κ1) is 22.2. The highest BCUT2D eigenvalue weighted by Gasteiger charge is 2.32. The predicted octanol–water partition coefficient (Wildman–Crippen LogP) is 4.53. The Kier molecular flexibility index (Phi) is 6.39. The lowest BCUT2D eigenvalue weighted by Gasteiger charge is -2.35. The lowest BCUT2D eigenvalue weighted by Crippen LogP contribution is -2.48. The van der Waals surface area contributed by atoms with E-state index in [0.717, 1.165) is 33.4 Å². The van der Waals surface area contributed by atoms with Gasteiger partial charge in [0.05, 0.1) is 4.90 Å². The molecule has 4 nitrogen and oxygen atoms in total. The largest absolute Gasteiger partial charge is 0.296 e. The molecular formula is C22H28ClFN2O2S. The number of rotatable bonds is 4. The van der Waals surface area contributed by atoms with Crippen LogP contribution in [-0.4, -0.2) is 43.8 Å². The fraction of sp³-hybridized carbons (Fsp3) is 0.455.